The molecule has 1 aromatic heterocycles. The molecule has 0 spiro atoms. The Hall–Kier alpha value is -2.87. The molecule has 2 aromatic rings. The van der Waals surface area contributed by atoms with E-state index in [0.29, 0.717) is 35.8 Å². The van der Waals surface area contributed by atoms with Crippen molar-refractivity contribution in [3.8, 4) is 5.75 Å². The lowest BCUT2D eigenvalue weighted by Gasteiger charge is -2.32. The molecule has 2 aliphatic heterocycles. The topological polar surface area (TPSA) is 79.0 Å². The minimum atomic E-state index is -0.584. The third-order valence-corrected chi connectivity index (χ3v) is 6.55. The van der Waals surface area contributed by atoms with Gasteiger partial charge in [0.25, 0.3) is 11.8 Å². The molecular weight excluding hydrogens is 402 g/mol. The molecule has 3 heterocycles. The first-order valence-corrected chi connectivity index (χ1v) is 10.9. The zero-order chi connectivity index (χ0) is 21.4. The van der Waals surface area contributed by atoms with Crippen LogP contribution in [0.1, 0.15) is 34.6 Å². The number of hydrogen-bond donors (Lipinski definition) is 1. The maximum absolute atomic E-state index is 13.3. The predicted molar refractivity (Wildman–Crippen MR) is 115 cm³/mol. The molecule has 1 aromatic carbocycles. The zero-order valence-electron chi connectivity index (χ0n) is 17.3. The van der Waals surface area contributed by atoms with Gasteiger partial charge in [0.15, 0.2) is 6.10 Å². The number of benzene rings is 1. The van der Waals surface area contributed by atoms with Crippen molar-refractivity contribution in [1.29, 1.82) is 0 Å². The molecule has 2 aliphatic rings. The fourth-order valence-corrected chi connectivity index (χ4v) is 5.12. The van der Waals surface area contributed by atoms with E-state index in [9.17, 15) is 14.4 Å². The van der Waals surface area contributed by atoms with Crippen LogP contribution >= 0.6 is 11.3 Å². The van der Waals surface area contributed by atoms with E-state index in [-0.39, 0.29) is 30.2 Å². The Morgan fingerprint density at radius 2 is 1.90 bits per heavy atom. The van der Waals surface area contributed by atoms with Crippen LogP contribution in [-0.2, 0) is 22.6 Å². The summed E-state index contributed by atoms with van der Waals surface area (Å²) < 4.78 is 6.02. The van der Waals surface area contributed by atoms with Crippen LogP contribution in [0.5, 0.6) is 5.75 Å². The molecule has 158 valence electrons. The fourth-order valence-electron chi connectivity index (χ4n) is 3.85. The van der Waals surface area contributed by atoms with Crippen LogP contribution in [-0.4, -0.2) is 53.8 Å². The third kappa shape index (κ3) is 3.79. The number of anilines is 1. The summed E-state index contributed by atoms with van der Waals surface area (Å²) in [5, 5.41) is 3.44. The molecule has 0 bridgehead atoms. The average Bonchev–Trinajstić information content (AvgIpc) is 3.03. The number of nitrogens with zero attached hydrogens (tertiary/aromatic N) is 2. The second-order valence-electron chi connectivity index (χ2n) is 8.02. The molecule has 0 saturated heterocycles. The molecule has 30 heavy (non-hydrogen) atoms. The molecule has 0 saturated carbocycles. The van der Waals surface area contributed by atoms with E-state index in [0.717, 1.165) is 10.4 Å². The van der Waals surface area contributed by atoms with E-state index in [4.69, 9.17) is 4.74 Å². The molecular formula is C22H25N3O4S. The van der Waals surface area contributed by atoms with Crippen molar-refractivity contribution < 1.29 is 19.1 Å². The van der Waals surface area contributed by atoms with E-state index in [1.165, 1.54) is 16.2 Å². The predicted octanol–water partition coefficient (Wildman–Crippen LogP) is 2.76. The molecule has 0 fully saturated rings. The van der Waals surface area contributed by atoms with Crippen LogP contribution in [0.3, 0.4) is 0 Å². The largest absolute Gasteiger partial charge is 0.480 e. The van der Waals surface area contributed by atoms with Crippen molar-refractivity contribution in [2.75, 3.05) is 25.5 Å². The number of nitrogens with one attached hydrogen (secondary N) is 1. The monoisotopic (exact) mass is 427 g/mol. The van der Waals surface area contributed by atoms with Crippen molar-refractivity contribution in [3.63, 3.8) is 0 Å². The van der Waals surface area contributed by atoms with Gasteiger partial charge in [-0.2, -0.15) is 0 Å². The van der Waals surface area contributed by atoms with Crippen molar-refractivity contribution in [3.05, 3.63) is 46.3 Å². The molecule has 1 unspecified atom stereocenters. The SMILES string of the molecule is CC(C)C(Oc1ccccc1)C(=O)N1CCc2c(sc3c2C(=O)N(C)CC(=O)N3)C1. The normalized spacial score (nSPS) is 17.2. The number of likely N-dealkylation sites (N-methyl/N-ethyl adjacent to an activating group) is 1. The number of thiophene rings is 1. The highest BCUT2D eigenvalue weighted by atomic mass is 32.1. The molecule has 7 nitrogen and oxygen atoms in total. The van der Waals surface area contributed by atoms with Gasteiger partial charge in [-0.25, -0.2) is 0 Å². The minimum absolute atomic E-state index is 0.00803. The first kappa shape index (κ1) is 20.4. The van der Waals surface area contributed by atoms with Crippen LogP contribution in [0.4, 0.5) is 5.00 Å². The molecule has 3 amide bonds. The van der Waals surface area contributed by atoms with Crippen LogP contribution in [0.15, 0.2) is 30.3 Å². The smallest absolute Gasteiger partial charge is 0.264 e. The number of carbonyl (C=O) groups is 3. The first-order valence-electron chi connectivity index (χ1n) is 10.1. The van der Waals surface area contributed by atoms with Crippen LogP contribution in [0, 0.1) is 5.92 Å². The van der Waals surface area contributed by atoms with Crippen molar-refractivity contribution in [1.82, 2.24) is 9.80 Å². The fraction of sp³-hybridized carbons (Fsp3) is 0.409. The zero-order valence-corrected chi connectivity index (χ0v) is 18.1. The Morgan fingerprint density at radius 1 is 1.17 bits per heavy atom. The van der Waals surface area contributed by atoms with Crippen molar-refractivity contribution in [2.45, 2.75) is 32.9 Å². The van der Waals surface area contributed by atoms with E-state index in [1.807, 2.05) is 44.2 Å². The van der Waals surface area contributed by atoms with Gasteiger partial charge in [0, 0.05) is 18.5 Å². The van der Waals surface area contributed by atoms with Gasteiger partial charge >= 0.3 is 0 Å². The van der Waals surface area contributed by atoms with Gasteiger partial charge in [0.2, 0.25) is 5.91 Å². The summed E-state index contributed by atoms with van der Waals surface area (Å²) in [6, 6.07) is 9.36. The van der Waals surface area contributed by atoms with Crippen LogP contribution in [0.25, 0.3) is 0 Å². The van der Waals surface area contributed by atoms with Gasteiger partial charge in [0.05, 0.1) is 18.7 Å². The van der Waals surface area contributed by atoms with Gasteiger partial charge in [-0.05, 0) is 30.0 Å². The number of ether oxygens (including phenoxy) is 1. The minimum Gasteiger partial charge on any atom is -0.480 e. The van der Waals surface area contributed by atoms with E-state index < -0.39 is 6.10 Å². The highest BCUT2D eigenvalue weighted by molar-refractivity contribution is 7.17. The highest BCUT2D eigenvalue weighted by Gasteiger charge is 2.36. The Kier molecular flexibility index (Phi) is 5.51. The second kappa shape index (κ2) is 8.10. The van der Waals surface area contributed by atoms with E-state index >= 15 is 0 Å². The quantitative estimate of drug-likeness (QED) is 0.814. The molecule has 4 rings (SSSR count). The molecule has 1 N–H and O–H groups in total. The van der Waals surface area contributed by atoms with Crippen molar-refractivity contribution in [2.24, 2.45) is 5.92 Å². The second-order valence-corrected chi connectivity index (χ2v) is 9.13. The Labute approximate surface area is 179 Å². The summed E-state index contributed by atoms with van der Waals surface area (Å²) in [4.78, 5) is 42.3. The summed E-state index contributed by atoms with van der Waals surface area (Å²) in [6.45, 7) is 4.92. The lowest BCUT2D eigenvalue weighted by molar-refractivity contribution is -0.141. The Morgan fingerprint density at radius 3 is 2.60 bits per heavy atom. The molecule has 0 aliphatic carbocycles. The number of hydrogen-bond acceptors (Lipinski definition) is 5. The molecule has 0 radical (unpaired) electrons. The van der Waals surface area contributed by atoms with E-state index in [2.05, 4.69) is 5.32 Å². The standard InChI is InChI=1S/C22H25N3O4S/c1-13(2)19(29-14-7-5-4-6-8-14)22(28)25-10-9-15-16(11-25)30-20-18(15)21(27)24(3)12-17(26)23-20/h4-8,13,19H,9-12H2,1-3H3,(H,23,26). The summed E-state index contributed by atoms with van der Waals surface area (Å²) in [5.41, 5.74) is 1.53. The van der Waals surface area contributed by atoms with Gasteiger partial charge in [0.1, 0.15) is 10.8 Å². The summed E-state index contributed by atoms with van der Waals surface area (Å²) in [6.07, 6.45) is -0.00222. The lowest BCUT2D eigenvalue weighted by Crippen LogP contribution is -2.46. The number of para-hydroxylation sites is 1. The van der Waals surface area contributed by atoms with Gasteiger partial charge in [-0.1, -0.05) is 32.0 Å². The van der Waals surface area contributed by atoms with Gasteiger partial charge in [-0.15, -0.1) is 11.3 Å². The molecule has 1 atom stereocenters. The summed E-state index contributed by atoms with van der Waals surface area (Å²) >= 11 is 1.39. The first-order chi connectivity index (χ1) is 14.3. The third-order valence-electron chi connectivity index (χ3n) is 5.42. The van der Waals surface area contributed by atoms with Gasteiger partial charge in [-0.3, -0.25) is 14.4 Å². The van der Waals surface area contributed by atoms with Crippen LogP contribution in [0.2, 0.25) is 0 Å². The lowest BCUT2D eigenvalue weighted by atomic mass is 10.00. The maximum atomic E-state index is 13.3. The number of carbonyl (C=O) groups excluding carboxylic acids is 3. The van der Waals surface area contributed by atoms with Gasteiger partial charge < -0.3 is 19.9 Å². The molecule has 8 heteroatoms. The summed E-state index contributed by atoms with van der Waals surface area (Å²) in [7, 11) is 1.63. The van der Waals surface area contributed by atoms with Crippen molar-refractivity contribution >= 4 is 34.1 Å². The summed E-state index contributed by atoms with van der Waals surface area (Å²) in [5.74, 6) is 0.269. The highest BCUT2D eigenvalue weighted by Crippen LogP contribution is 2.39. The Balaban J connectivity index is 1.57. The average molecular weight is 428 g/mol. The maximum Gasteiger partial charge on any atom is 0.264 e. The number of amides is 3. The number of fused-ring (bicyclic) bond motifs is 3. The van der Waals surface area contributed by atoms with E-state index in [1.54, 1.807) is 11.9 Å². The number of rotatable bonds is 4. The van der Waals surface area contributed by atoms with Crippen LogP contribution < -0.4 is 10.1 Å². The Bertz CT molecular complexity index is 986.